The fraction of sp³-hybridized carbons (Fsp3) is 0.444. The van der Waals surface area contributed by atoms with Crippen molar-refractivity contribution in [2.75, 3.05) is 11.5 Å². The number of nitrogen functional groups attached to an aromatic ring is 1. The summed E-state index contributed by atoms with van der Waals surface area (Å²) in [5.41, 5.74) is 7.78. The lowest BCUT2D eigenvalue weighted by Crippen LogP contribution is -2.41. The first-order valence-electron chi connectivity index (χ1n) is 8.43. The third kappa shape index (κ3) is 3.98. The molecule has 0 amide bonds. The molecule has 0 atom stereocenters. The van der Waals surface area contributed by atoms with Crippen LogP contribution in [-0.4, -0.2) is 34.2 Å². The Morgan fingerprint density at radius 1 is 1.31 bits per heavy atom. The Hall–Kier alpha value is -1.35. The Bertz CT molecular complexity index is 860. The average molecular weight is 390 g/mol. The first-order chi connectivity index (χ1) is 12.1. The monoisotopic (exact) mass is 390 g/mol. The molecule has 26 heavy (non-hydrogen) atoms. The Balaban J connectivity index is 1.94. The molecule has 138 valence electrons. The highest BCUT2D eigenvalue weighted by Gasteiger charge is 2.52. The van der Waals surface area contributed by atoms with Crippen LogP contribution in [0.2, 0.25) is 0 Å². The van der Waals surface area contributed by atoms with E-state index in [1.165, 1.54) is 23.1 Å². The number of hydrogen-bond donors (Lipinski definition) is 1. The zero-order valence-corrected chi connectivity index (χ0v) is 17.3. The van der Waals surface area contributed by atoms with E-state index in [0.29, 0.717) is 10.9 Å². The van der Waals surface area contributed by atoms with Gasteiger partial charge in [0.15, 0.2) is 10.2 Å². The summed E-state index contributed by atoms with van der Waals surface area (Å²) in [6, 6.07) is 5.99. The second kappa shape index (κ2) is 7.00. The lowest BCUT2D eigenvalue weighted by molar-refractivity contribution is -0.109. The minimum atomic E-state index is -0.478. The number of rotatable bonds is 4. The molecule has 0 spiro atoms. The standard InChI is InChI=1S/C18H23BN2O3S2/c1-11(22)25-10-13(19-23-17(2,3)18(4,5)24-19)8-12-6-7-14-15(9-12)26-16(20)21-14/h6-9H,10H2,1-5H3,(H2,20,21). The predicted molar refractivity (Wildman–Crippen MR) is 111 cm³/mol. The molecule has 2 heterocycles. The van der Waals surface area contributed by atoms with Gasteiger partial charge in [0.2, 0.25) is 0 Å². The number of carbonyl (C=O) groups excluding carboxylic acids is 1. The summed E-state index contributed by atoms with van der Waals surface area (Å²) in [5, 5.41) is 0.623. The van der Waals surface area contributed by atoms with Crippen molar-refractivity contribution in [1.29, 1.82) is 0 Å². The van der Waals surface area contributed by atoms with E-state index < -0.39 is 18.3 Å². The molecule has 1 saturated heterocycles. The fourth-order valence-electron chi connectivity index (χ4n) is 2.62. The van der Waals surface area contributed by atoms with Gasteiger partial charge in [-0.25, -0.2) is 4.98 Å². The van der Waals surface area contributed by atoms with E-state index in [1.54, 1.807) is 6.92 Å². The van der Waals surface area contributed by atoms with Crippen LogP contribution in [0.25, 0.3) is 16.3 Å². The van der Waals surface area contributed by atoms with E-state index in [4.69, 9.17) is 15.0 Å². The Labute approximate surface area is 162 Å². The summed E-state index contributed by atoms with van der Waals surface area (Å²) in [6.07, 6.45) is 2.04. The molecule has 1 fully saturated rings. The average Bonchev–Trinajstić information content (AvgIpc) is 2.98. The topological polar surface area (TPSA) is 74.4 Å². The van der Waals surface area contributed by atoms with E-state index in [0.717, 1.165) is 21.3 Å². The van der Waals surface area contributed by atoms with Crippen LogP contribution in [-0.2, 0) is 14.1 Å². The van der Waals surface area contributed by atoms with Gasteiger partial charge in [-0.1, -0.05) is 35.2 Å². The molecule has 5 nitrogen and oxygen atoms in total. The van der Waals surface area contributed by atoms with Crippen molar-refractivity contribution >= 4 is 56.8 Å². The molecule has 2 aromatic rings. The van der Waals surface area contributed by atoms with Crippen LogP contribution in [0.15, 0.2) is 23.7 Å². The normalized spacial score (nSPS) is 19.3. The van der Waals surface area contributed by atoms with Crippen molar-refractivity contribution < 1.29 is 14.1 Å². The molecule has 0 aliphatic carbocycles. The third-order valence-corrected chi connectivity index (χ3v) is 6.51. The number of anilines is 1. The van der Waals surface area contributed by atoms with Crippen LogP contribution in [0.4, 0.5) is 5.13 Å². The molecular formula is C18H23BN2O3S2. The van der Waals surface area contributed by atoms with Crippen LogP contribution >= 0.6 is 23.1 Å². The summed E-state index contributed by atoms with van der Waals surface area (Å²) in [5.74, 6) is 0.523. The highest BCUT2D eigenvalue weighted by Crippen LogP contribution is 2.39. The predicted octanol–water partition coefficient (Wildman–Crippen LogP) is 4.17. The van der Waals surface area contributed by atoms with E-state index in [9.17, 15) is 4.79 Å². The van der Waals surface area contributed by atoms with E-state index >= 15 is 0 Å². The number of nitrogens with two attached hydrogens (primary N) is 1. The van der Waals surface area contributed by atoms with Gasteiger partial charge in [-0.15, -0.1) is 0 Å². The lowest BCUT2D eigenvalue weighted by atomic mass is 9.78. The number of carbonyl (C=O) groups is 1. The molecule has 1 aromatic heterocycles. The maximum Gasteiger partial charge on any atom is 0.491 e. The van der Waals surface area contributed by atoms with Gasteiger partial charge < -0.3 is 15.0 Å². The third-order valence-electron chi connectivity index (χ3n) is 4.78. The fourth-order valence-corrected chi connectivity index (χ4v) is 3.99. The van der Waals surface area contributed by atoms with Crippen LogP contribution < -0.4 is 5.73 Å². The highest BCUT2D eigenvalue weighted by molar-refractivity contribution is 8.13. The van der Waals surface area contributed by atoms with Crippen LogP contribution in [0, 0.1) is 0 Å². The maximum absolute atomic E-state index is 11.5. The molecule has 0 radical (unpaired) electrons. The molecule has 1 aliphatic rings. The summed E-state index contributed by atoms with van der Waals surface area (Å²) in [6.45, 7) is 9.66. The molecule has 0 saturated carbocycles. The summed E-state index contributed by atoms with van der Waals surface area (Å²) >= 11 is 2.72. The van der Waals surface area contributed by atoms with Gasteiger partial charge in [0.05, 0.1) is 21.4 Å². The highest BCUT2D eigenvalue weighted by atomic mass is 32.2. The SMILES string of the molecule is CC(=O)SCC(=Cc1ccc2nc(N)sc2c1)B1OC(C)(C)C(C)(C)O1. The number of hydrogen-bond acceptors (Lipinski definition) is 7. The number of nitrogens with zero attached hydrogens (tertiary/aromatic N) is 1. The number of thioether (sulfide) groups is 1. The maximum atomic E-state index is 11.5. The molecule has 2 N–H and O–H groups in total. The number of benzene rings is 1. The number of fused-ring (bicyclic) bond motifs is 1. The molecule has 1 aromatic carbocycles. The Morgan fingerprint density at radius 2 is 1.96 bits per heavy atom. The molecule has 0 bridgehead atoms. The van der Waals surface area contributed by atoms with Crippen molar-refractivity contribution in [2.45, 2.75) is 45.8 Å². The van der Waals surface area contributed by atoms with Gasteiger partial charge in [0.25, 0.3) is 0 Å². The van der Waals surface area contributed by atoms with Gasteiger partial charge in [-0.2, -0.15) is 0 Å². The number of thiazole rings is 1. The van der Waals surface area contributed by atoms with E-state index in [-0.39, 0.29) is 5.12 Å². The molecule has 8 heteroatoms. The van der Waals surface area contributed by atoms with Gasteiger partial charge in [0, 0.05) is 12.7 Å². The van der Waals surface area contributed by atoms with Crippen LogP contribution in [0.1, 0.15) is 40.2 Å². The van der Waals surface area contributed by atoms with Crippen molar-refractivity contribution in [3.63, 3.8) is 0 Å². The summed E-state index contributed by atoms with van der Waals surface area (Å²) in [7, 11) is -0.478. The molecule has 0 unspecified atom stereocenters. The van der Waals surface area contributed by atoms with Crippen LogP contribution in [0.5, 0.6) is 0 Å². The van der Waals surface area contributed by atoms with Crippen molar-refractivity contribution in [2.24, 2.45) is 0 Å². The second-order valence-corrected chi connectivity index (χ2v) is 9.58. The van der Waals surface area contributed by atoms with Gasteiger partial charge in [0.1, 0.15) is 0 Å². The minimum absolute atomic E-state index is 0.0677. The Kier molecular flexibility index (Phi) is 5.23. The summed E-state index contributed by atoms with van der Waals surface area (Å²) < 4.78 is 13.4. The molecule has 1 aliphatic heterocycles. The number of aromatic nitrogens is 1. The van der Waals surface area contributed by atoms with Gasteiger partial charge in [-0.3, -0.25) is 4.79 Å². The van der Waals surface area contributed by atoms with Crippen LogP contribution in [0.3, 0.4) is 0 Å². The minimum Gasteiger partial charge on any atom is -0.400 e. The zero-order valence-electron chi connectivity index (χ0n) is 15.7. The first-order valence-corrected chi connectivity index (χ1v) is 10.2. The Morgan fingerprint density at radius 3 is 2.58 bits per heavy atom. The quantitative estimate of drug-likeness (QED) is 0.790. The van der Waals surface area contributed by atoms with E-state index in [1.807, 2.05) is 52.0 Å². The molecule has 3 rings (SSSR count). The lowest BCUT2D eigenvalue weighted by Gasteiger charge is -2.32. The van der Waals surface area contributed by atoms with E-state index in [2.05, 4.69) is 4.98 Å². The van der Waals surface area contributed by atoms with Crippen molar-refractivity contribution in [1.82, 2.24) is 4.98 Å². The largest absolute Gasteiger partial charge is 0.491 e. The molecular weight excluding hydrogens is 367 g/mol. The van der Waals surface area contributed by atoms with Gasteiger partial charge in [-0.05, 0) is 50.9 Å². The van der Waals surface area contributed by atoms with Crippen molar-refractivity contribution in [3.8, 4) is 0 Å². The second-order valence-electron chi connectivity index (χ2n) is 7.37. The first kappa shape index (κ1) is 19.4. The van der Waals surface area contributed by atoms with Crippen molar-refractivity contribution in [3.05, 3.63) is 29.2 Å². The smallest absolute Gasteiger partial charge is 0.400 e. The zero-order chi connectivity index (χ0) is 19.1. The summed E-state index contributed by atoms with van der Waals surface area (Å²) in [4.78, 5) is 15.8. The van der Waals surface area contributed by atoms with Gasteiger partial charge >= 0.3 is 7.12 Å².